The average molecular weight is 358 g/mol. The van der Waals surface area contributed by atoms with Crippen molar-refractivity contribution in [3.63, 3.8) is 0 Å². The molecule has 0 atom stereocenters. The molecule has 0 aliphatic rings. The van der Waals surface area contributed by atoms with Gasteiger partial charge in [-0.2, -0.15) is 5.10 Å². The number of aromatic nitrogens is 2. The van der Waals surface area contributed by atoms with E-state index in [-0.39, 0.29) is 6.03 Å². The van der Waals surface area contributed by atoms with Gasteiger partial charge in [0, 0.05) is 23.5 Å². The van der Waals surface area contributed by atoms with Crippen molar-refractivity contribution in [1.82, 2.24) is 15.1 Å². The van der Waals surface area contributed by atoms with Crippen molar-refractivity contribution in [3.8, 4) is 0 Å². The highest BCUT2D eigenvalue weighted by molar-refractivity contribution is 9.10. The Morgan fingerprint density at radius 3 is 2.95 bits per heavy atom. The van der Waals surface area contributed by atoms with E-state index in [0.717, 1.165) is 16.7 Å². The van der Waals surface area contributed by atoms with Crippen molar-refractivity contribution in [2.75, 3.05) is 5.32 Å². The molecule has 5 nitrogen and oxygen atoms in total. The Hall–Kier alpha value is -1.53. The summed E-state index contributed by atoms with van der Waals surface area (Å²) in [7, 11) is 0. The molecule has 0 spiro atoms. The quantitative estimate of drug-likeness (QED) is 0.877. The van der Waals surface area contributed by atoms with Gasteiger partial charge in [0.1, 0.15) is 0 Å². The Morgan fingerprint density at radius 2 is 2.30 bits per heavy atom. The summed E-state index contributed by atoms with van der Waals surface area (Å²) in [6.07, 6.45) is 1.88. The molecule has 1 aromatic carbocycles. The predicted octanol–water partition coefficient (Wildman–Crippen LogP) is 3.64. The number of amides is 2. The molecule has 106 valence electrons. The molecule has 0 unspecified atom stereocenters. The summed E-state index contributed by atoms with van der Waals surface area (Å²) in [5.41, 5.74) is 1.43. The van der Waals surface area contributed by atoms with Crippen LogP contribution in [0.3, 0.4) is 0 Å². The number of carbonyl (C=O) groups excluding carboxylic acids is 1. The van der Waals surface area contributed by atoms with Gasteiger partial charge in [-0.15, -0.1) is 0 Å². The van der Waals surface area contributed by atoms with Crippen LogP contribution in [-0.2, 0) is 13.1 Å². The standard InChI is InChI=1S/C13H14BrClN4O/c1-2-19-8-11(14)12(18-19)7-16-13(20)17-10-5-3-4-9(15)6-10/h3-6,8H,2,7H2,1H3,(H2,16,17,20). The first-order valence-corrected chi connectivity index (χ1v) is 7.28. The molecule has 0 saturated heterocycles. The minimum Gasteiger partial charge on any atom is -0.332 e. The molecule has 0 aliphatic heterocycles. The Labute approximate surface area is 130 Å². The third-order valence-corrected chi connectivity index (χ3v) is 3.51. The van der Waals surface area contributed by atoms with Crippen LogP contribution in [0.5, 0.6) is 0 Å². The second-order valence-corrected chi connectivity index (χ2v) is 5.39. The highest BCUT2D eigenvalue weighted by atomic mass is 79.9. The van der Waals surface area contributed by atoms with Crippen LogP contribution in [0.2, 0.25) is 5.02 Å². The van der Waals surface area contributed by atoms with E-state index in [4.69, 9.17) is 11.6 Å². The molecule has 0 aliphatic carbocycles. The van der Waals surface area contributed by atoms with E-state index in [9.17, 15) is 4.79 Å². The summed E-state index contributed by atoms with van der Waals surface area (Å²) < 4.78 is 2.68. The van der Waals surface area contributed by atoms with Gasteiger partial charge >= 0.3 is 6.03 Å². The molecule has 0 radical (unpaired) electrons. The molecule has 0 fully saturated rings. The van der Waals surface area contributed by atoms with Gasteiger partial charge in [0.15, 0.2) is 0 Å². The second kappa shape index (κ2) is 6.76. The van der Waals surface area contributed by atoms with E-state index < -0.39 is 0 Å². The van der Waals surface area contributed by atoms with E-state index in [1.54, 1.807) is 28.9 Å². The van der Waals surface area contributed by atoms with E-state index in [2.05, 4.69) is 31.7 Å². The fourth-order valence-corrected chi connectivity index (χ4v) is 2.27. The first kappa shape index (κ1) is 14.9. The van der Waals surface area contributed by atoms with Gasteiger partial charge in [-0.3, -0.25) is 4.68 Å². The smallest absolute Gasteiger partial charge is 0.319 e. The lowest BCUT2D eigenvalue weighted by atomic mass is 10.3. The molecule has 20 heavy (non-hydrogen) atoms. The van der Waals surface area contributed by atoms with E-state index in [0.29, 0.717) is 17.3 Å². The van der Waals surface area contributed by atoms with Gasteiger partial charge in [0.25, 0.3) is 0 Å². The summed E-state index contributed by atoms with van der Waals surface area (Å²) in [6.45, 7) is 3.13. The topological polar surface area (TPSA) is 59.0 Å². The van der Waals surface area contributed by atoms with Crippen LogP contribution in [0.15, 0.2) is 34.9 Å². The van der Waals surface area contributed by atoms with Gasteiger partial charge in [-0.25, -0.2) is 4.79 Å². The van der Waals surface area contributed by atoms with Gasteiger partial charge < -0.3 is 10.6 Å². The molecule has 1 aromatic heterocycles. The molecule has 2 aromatic rings. The molecule has 2 N–H and O–H groups in total. The zero-order valence-electron chi connectivity index (χ0n) is 10.9. The van der Waals surface area contributed by atoms with Gasteiger partial charge in [0.05, 0.1) is 16.7 Å². The van der Waals surface area contributed by atoms with Crippen LogP contribution in [0.25, 0.3) is 0 Å². The number of anilines is 1. The number of hydrogen-bond acceptors (Lipinski definition) is 2. The number of benzene rings is 1. The number of rotatable bonds is 4. The largest absolute Gasteiger partial charge is 0.332 e. The summed E-state index contributed by atoms with van der Waals surface area (Å²) >= 11 is 9.26. The van der Waals surface area contributed by atoms with Gasteiger partial charge in [0.2, 0.25) is 0 Å². The van der Waals surface area contributed by atoms with Gasteiger partial charge in [-0.05, 0) is 41.1 Å². The highest BCUT2D eigenvalue weighted by Gasteiger charge is 2.08. The number of carbonyl (C=O) groups is 1. The Balaban J connectivity index is 1.90. The highest BCUT2D eigenvalue weighted by Crippen LogP contribution is 2.16. The van der Waals surface area contributed by atoms with Crippen LogP contribution in [0, 0.1) is 0 Å². The number of aryl methyl sites for hydroxylation is 1. The third-order valence-electron chi connectivity index (χ3n) is 2.61. The number of nitrogens with zero attached hydrogens (tertiary/aromatic N) is 2. The van der Waals surface area contributed by atoms with Crippen molar-refractivity contribution < 1.29 is 4.79 Å². The fourth-order valence-electron chi connectivity index (χ4n) is 1.62. The molecule has 0 bridgehead atoms. The summed E-state index contributed by atoms with van der Waals surface area (Å²) in [5.74, 6) is 0. The summed E-state index contributed by atoms with van der Waals surface area (Å²) in [6, 6.07) is 6.68. The van der Waals surface area contributed by atoms with Crippen molar-refractivity contribution in [2.24, 2.45) is 0 Å². The first-order chi connectivity index (χ1) is 9.58. The van der Waals surface area contributed by atoms with E-state index in [1.807, 2.05) is 13.1 Å². The van der Waals surface area contributed by atoms with Crippen molar-refractivity contribution in [3.05, 3.63) is 45.7 Å². The SMILES string of the molecule is CCn1cc(Br)c(CNC(=O)Nc2cccc(Cl)c2)n1. The average Bonchev–Trinajstić information content (AvgIpc) is 2.77. The number of hydrogen-bond donors (Lipinski definition) is 2. The predicted molar refractivity (Wildman–Crippen MR) is 82.9 cm³/mol. The van der Waals surface area contributed by atoms with Crippen LogP contribution >= 0.6 is 27.5 Å². The van der Waals surface area contributed by atoms with Crippen LogP contribution < -0.4 is 10.6 Å². The van der Waals surface area contributed by atoms with Crippen LogP contribution in [0.4, 0.5) is 10.5 Å². The lowest BCUT2D eigenvalue weighted by Gasteiger charge is -2.07. The minimum absolute atomic E-state index is 0.301. The van der Waals surface area contributed by atoms with E-state index >= 15 is 0 Å². The lowest BCUT2D eigenvalue weighted by molar-refractivity contribution is 0.251. The maximum absolute atomic E-state index is 11.8. The lowest BCUT2D eigenvalue weighted by Crippen LogP contribution is -2.28. The first-order valence-electron chi connectivity index (χ1n) is 6.10. The molecule has 2 rings (SSSR count). The maximum Gasteiger partial charge on any atom is 0.319 e. The van der Waals surface area contributed by atoms with Crippen molar-refractivity contribution in [1.29, 1.82) is 0 Å². The molecule has 7 heteroatoms. The Morgan fingerprint density at radius 1 is 1.50 bits per heavy atom. The third kappa shape index (κ3) is 3.98. The summed E-state index contributed by atoms with van der Waals surface area (Å²) in [5, 5.41) is 10.4. The van der Waals surface area contributed by atoms with Crippen LogP contribution in [0.1, 0.15) is 12.6 Å². The second-order valence-electron chi connectivity index (χ2n) is 4.10. The van der Waals surface area contributed by atoms with Crippen molar-refractivity contribution in [2.45, 2.75) is 20.0 Å². The van der Waals surface area contributed by atoms with E-state index in [1.165, 1.54) is 0 Å². The minimum atomic E-state index is -0.301. The molecular weight excluding hydrogens is 344 g/mol. The van der Waals surface area contributed by atoms with Crippen LogP contribution in [-0.4, -0.2) is 15.8 Å². The summed E-state index contributed by atoms with van der Waals surface area (Å²) in [4.78, 5) is 11.8. The number of nitrogens with one attached hydrogen (secondary N) is 2. The Bertz CT molecular complexity index is 614. The van der Waals surface area contributed by atoms with Crippen molar-refractivity contribution >= 4 is 39.2 Å². The Kier molecular flexibility index (Phi) is 5.03. The monoisotopic (exact) mass is 356 g/mol. The fraction of sp³-hybridized carbons (Fsp3) is 0.231. The number of halogens is 2. The molecule has 2 amide bonds. The number of urea groups is 1. The molecule has 0 saturated carbocycles. The molecular formula is C13H14BrClN4O. The normalized spacial score (nSPS) is 10.3. The zero-order valence-corrected chi connectivity index (χ0v) is 13.2. The molecule has 1 heterocycles. The zero-order chi connectivity index (χ0) is 14.5. The maximum atomic E-state index is 11.8. The van der Waals surface area contributed by atoms with Gasteiger partial charge in [-0.1, -0.05) is 17.7 Å².